The van der Waals surface area contributed by atoms with Crippen molar-refractivity contribution in [3.8, 4) is 44.9 Å². The molecule has 2 aromatic heterocycles. The highest BCUT2D eigenvalue weighted by atomic mass is 16.6. The minimum atomic E-state index is -0.123. The summed E-state index contributed by atoms with van der Waals surface area (Å²) >= 11 is 0. The van der Waals surface area contributed by atoms with Gasteiger partial charge in [0.25, 0.3) is 6.71 Å². The van der Waals surface area contributed by atoms with Crippen molar-refractivity contribution in [1.29, 1.82) is 0 Å². The number of furan rings is 2. The Morgan fingerprint density at radius 2 is 0.986 bits per heavy atom. The van der Waals surface area contributed by atoms with Crippen LogP contribution in [0.3, 0.4) is 0 Å². The number of benzene rings is 10. The van der Waals surface area contributed by atoms with E-state index in [1.165, 1.54) is 22.0 Å². The second kappa shape index (κ2) is 16.0. The molecule has 0 saturated heterocycles. The summed E-state index contributed by atoms with van der Waals surface area (Å²) in [5, 5.41) is 4.50. The molecule has 10 aromatic carbocycles. The Morgan fingerprint density at radius 3 is 1.69 bits per heavy atom. The van der Waals surface area contributed by atoms with Gasteiger partial charge >= 0.3 is 0 Å². The number of hydrogen-bond acceptors (Lipinski definition) is 6. The maximum Gasteiger partial charge on any atom is 0.252 e. The molecule has 3 aliphatic heterocycles. The van der Waals surface area contributed by atoms with Crippen LogP contribution in [0.25, 0.3) is 77.3 Å². The third kappa shape index (κ3) is 6.52. The number of anilines is 6. The van der Waals surface area contributed by atoms with Crippen molar-refractivity contribution in [2.45, 2.75) is 33.1 Å². The number of aryl methyl sites for hydroxylation is 1. The van der Waals surface area contributed by atoms with Gasteiger partial charge in [-0.15, -0.1) is 0 Å². The lowest BCUT2D eigenvalue weighted by atomic mass is 9.33. The topological polar surface area (TPSA) is 51.2 Å². The molecule has 0 spiro atoms. The van der Waals surface area contributed by atoms with Crippen LogP contribution in [0.2, 0.25) is 0 Å². The zero-order chi connectivity index (χ0) is 49.4. The highest BCUT2D eigenvalue weighted by Crippen LogP contribution is 2.54. The van der Waals surface area contributed by atoms with Crippen LogP contribution in [0.4, 0.5) is 34.1 Å². The zero-order valence-corrected chi connectivity index (χ0v) is 41.6. The van der Waals surface area contributed by atoms with Crippen LogP contribution in [-0.4, -0.2) is 19.9 Å². The van der Waals surface area contributed by atoms with E-state index >= 15 is 0 Å². The van der Waals surface area contributed by atoms with Gasteiger partial charge in [0.15, 0.2) is 11.5 Å². The summed E-state index contributed by atoms with van der Waals surface area (Å²) in [6, 6.07) is 72.8. The molecular weight excluding hydrogens is 908 g/mol. The van der Waals surface area contributed by atoms with E-state index < -0.39 is 0 Å². The van der Waals surface area contributed by atoms with Crippen LogP contribution >= 0.6 is 0 Å². The van der Waals surface area contributed by atoms with Gasteiger partial charge in [0.1, 0.15) is 41.2 Å². The summed E-state index contributed by atoms with van der Waals surface area (Å²) in [6.45, 7) is 9.99. The lowest BCUT2D eigenvalue weighted by molar-refractivity contribution is 0.172. The number of rotatable bonds is 5. The average molecular weight is 957 g/mol. The van der Waals surface area contributed by atoms with Crippen LogP contribution < -0.4 is 35.7 Å². The summed E-state index contributed by atoms with van der Waals surface area (Å²) in [5.74, 6) is 1.50. The van der Waals surface area contributed by atoms with Crippen molar-refractivity contribution in [3.05, 3.63) is 211 Å². The molecule has 0 aliphatic carbocycles. The zero-order valence-electron chi connectivity index (χ0n) is 41.6. The minimum Gasteiger partial charge on any atom is -0.486 e. The van der Waals surface area contributed by atoms with Gasteiger partial charge in [0.2, 0.25) is 0 Å². The van der Waals surface area contributed by atoms with Gasteiger partial charge in [0.05, 0.1) is 0 Å². The van der Waals surface area contributed by atoms with Crippen molar-refractivity contribution in [1.82, 2.24) is 0 Å². The van der Waals surface area contributed by atoms with Crippen molar-refractivity contribution in [3.63, 3.8) is 0 Å². The smallest absolute Gasteiger partial charge is 0.252 e. The fourth-order valence-electron chi connectivity index (χ4n) is 12.1. The first-order chi connectivity index (χ1) is 36.2. The molecule has 7 heteroatoms. The average Bonchev–Trinajstić information content (AvgIpc) is 4.07. The summed E-state index contributed by atoms with van der Waals surface area (Å²) in [6.07, 6.45) is 0. The van der Waals surface area contributed by atoms with Gasteiger partial charge in [-0.25, -0.2) is 0 Å². The van der Waals surface area contributed by atoms with Gasteiger partial charge in [-0.3, -0.25) is 0 Å². The Bertz CT molecular complexity index is 4280. The maximum atomic E-state index is 6.76. The number of para-hydroxylation sites is 2. The molecule has 0 bridgehead atoms. The predicted molar refractivity (Wildman–Crippen MR) is 306 cm³/mol. The highest BCUT2D eigenvalue weighted by molar-refractivity contribution is 7.00. The van der Waals surface area contributed by atoms with Gasteiger partial charge in [-0.05, 0) is 153 Å². The van der Waals surface area contributed by atoms with Gasteiger partial charge < -0.3 is 28.1 Å². The van der Waals surface area contributed by atoms with Crippen molar-refractivity contribution in [2.75, 3.05) is 23.0 Å². The van der Waals surface area contributed by atoms with Gasteiger partial charge in [0, 0.05) is 55.5 Å². The molecule has 354 valence electrons. The summed E-state index contributed by atoms with van der Waals surface area (Å²) in [7, 11) is 0. The molecule has 3 aliphatic rings. The number of fused-ring (bicyclic) bond motifs is 11. The largest absolute Gasteiger partial charge is 0.486 e. The van der Waals surface area contributed by atoms with E-state index in [4.69, 9.17) is 18.3 Å². The predicted octanol–water partition coefficient (Wildman–Crippen LogP) is 15.9. The van der Waals surface area contributed by atoms with Crippen LogP contribution in [0.15, 0.2) is 209 Å². The lowest BCUT2D eigenvalue weighted by Gasteiger charge is -2.45. The van der Waals surface area contributed by atoms with E-state index in [-0.39, 0.29) is 12.1 Å². The molecule has 6 nitrogen and oxygen atoms in total. The third-order valence-corrected chi connectivity index (χ3v) is 15.6. The normalized spacial score (nSPS) is 13.7. The molecule has 74 heavy (non-hydrogen) atoms. The van der Waals surface area contributed by atoms with Crippen molar-refractivity contribution < 1.29 is 18.3 Å². The molecule has 0 amide bonds. The first-order valence-electron chi connectivity index (χ1n) is 25.7. The fourth-order valence-corrected chi connectivity index (χ4v) is 12.1. The number of nitrogens with zero attached hydrogens (tertiary/aromatic N) is 2. The molecule has 0 fully saturated rings. The Kier molecular flexibility index (Phi) is 9.26. The van der Waals surface area contributed by atoms with Crippen molar-refractivity contribution >= 4 is 101 Å². The second-order valence-electron chi connectivity index (χ2n) is 21.1. The summed E-state index contributed by atoms with van der Waals surface area (Å²) < 4.78 is 26.0. The summed E-state index contributed by atoms with van der Waals surface area (Å²) in [4.78, 5) is 4.98. The molecular formula is C67H49BN2O4. The van der Waals surface area contributed by atoms with Crippen LogP contribution in [0, 0.1) is 6.92 Å². The molecule has 5 heterocycles. The monoisotopic (exact) mass is 956 g/mol. The Balaban J connectivity index is 0.978. The fraction of sp³-hybridized carbons (Fsp3) is 0.104. The van der Waals surface area contributed by atoms with Crippen LogP contribution in [0.1, 0.15) is 31.9 Å². The van der Waals surface area contributed by atoms with E-state index in [0.717, 1.165) is 128 Å². The maximum absolute atomic E-state index is 6.76. The Morgan fingerprint density at radius 1 is 0.432 bits per heavy atom. The number of hydrogen-bond donors (Lipinski definition) is 0. The van der Waals surface area contributed by atoms with E-state index in [9.17, 15) is 0 Å². The molecule has 15 rings (SSSR count). The van der Waals surface area contributed by atoms with E-state index in [1.807, 2.05) is 24.3 Å². The van der Waals surface area contributed by atoms with E-state index in [0.29, 0.717) is 13.2 Å². The quantitative estimate of drug-likeness (QED) is 0.160. The van der Waals surface area contributed by atoms with Crippen LogP contribution in [0.5, 0.6) is 11.5 Å². The molecule has 0 unspecified atom stereocenters. The van der Waals surface area contributed by atoms with E-state index in [2.05, 4.69) is 213 Å². The van der Waals surface area contributed by atoms with E-state index in [1.54, 1.807) is 0 Å². The molecule has 12 aromatic rings. The standard InChI is InChI=1S/C67H49BN2O4/c1-40-34-57-64-58(35-40)70(65-48(42-12-6-5-7-13-42)28-31-61-66(65)72-33-32-71-61)56-30-23-46(67(2,3)4)39-54(56)68(64)53-36-43(45-21-27-52-50-15-9-11-17-60(50)74-63(52)38-45)22-29-55(53)69(57)47-24-18-41(19-25-47)44-20-26-51-49-14-8-10-16-59(49)73-62(51)37-44/h5-31,34-39H,32-33H2,1-4H3. The highest BCUT2D eigenvalue weighted by Gasteiger charge is 2.45. The summed E-state index contributed by atoms with van der Waals surface area (Å²) in [5.41, 5.74) is 22.8. The first kappa shape index (κ1) is 42.7. The molecule has 0 radical (unpaired) electrons. The Hall–Kier alpha value is -8.94. The minimum absolute atomic E-state index is 0.113. The van der Waals surface area contributed by atoms with Gasteiger partial charge in [-0.1, -0.05) is 136 Å². The van der Waals surface area contributed by atoms with Gasteiger partial charge in [-0.2, -0.15) is 0 Å². The number of ether oxygens (including phenoxy) is 2. The lowest BCUT2D eigenvalue weighted by Crippen LogP contribution is -2.61. The second-order valence-corrected chi connectivity index (χ2v) is 21.1. The molecule has 0 saturated carbocycles. The third-order valence-electron chi connectivity index (χ3n) is 15.6. The van der Waals surface area contributed by atoms with Crippen molar-refractivity contribution in [2.24, 2.45) is 0 Å². The Labute approximate surface area is 429 Å². The van der Waals surface area contributed by atoms with Crippen LogP contribution in [-0.2, 0) is 5.41 Å². The SMILES string of the molecule is Cc1cc2c3c(c1)N(c1c(-c4ccccc4)ccc4c1OCCO4)c1ccc(C(C)(C)C)cc1B3c1cc(-c3ccc4c(c3)oc3ccccc34)ccc1N2c1ccc(-c2ccc3c(c2)oc2ccccc23)cc1. The molecule has 0 N–H and O–H groups in total. The first-order valence-corrected chi connectivity index (χ1v) is 25.7. The molecule has 0 atom stereocenters.